The number of carboxylic acids is 1. The largest absolute Gasteiger partial charge is 0.479 e. The molecule has 5 nitrogen and oxygen atoms in total. The predicted octanol–water partition coefficient (Wildman–Crippen LogP) is 4.53. The van der Waals surface area contributed by atoms with E-state index in [-0.39, 0.29) is 9.80 Å². The van der Waals surface area contributed by atoms with Gasteiger partial charge in [-0.3, -0.25) is 0 Å². The van der Waals surface area contributed by atoms with Gasteiger partial charge in [-0.2, -0.15) is 0 Å². The fourth-order valence-corrected chi connectivity index (χ4v) is 5.37. The summed E-state index contributed by atoms with van der Waals surface area (Å²) in [6, 6.07) is 13.6. The van der Waals surface area contributed by atoms with Crippen LogP contribution in [-0.4, -0.2) is 25.6 Å². The van der Waals surface area contributed by atoms with Gasteiger partial charge in [0.2, 0.25) is 9.84 Å². The number of sulfone groups is 1. The van der Waals surface area contributed by atoms with E-state index in [4.69, 9.17) is 16.3 Å². The van der Waals surface area contributed by atoms with Gasteiger partial charge in [-0.1, -0.05) is 35.9 Å². The van der Waals surface area contributed by atoms with Crippen LogP contribution in [0.2, 0.25) is 0 Å². The summed E-state index contributed by atoms with van der Waals surface area (Å²) in [6.07, 6.45) is 1.95. The molecule has 2 unspecified atom stereocenters. The van der Waals surface area contributed by atoms with Crippen molar-refractivity contribution in [2.45, 2.75) is 37.2 Å². The lowest BCUT2D eigenvalue weighted by Gasteiger charge is -2.17. The van der Waals surface area contributed by atoms with Crippen molar-refractivity contribution < 1.29 is 23.1 Å². The second-order valence-electron chi connectivity index (χ2n) is 6.96. The van der Waals surface area contributed by atoms with Crippen LogP contribution >= 0.6 is 20.8 Å². The van der Waals surface area contributed by atoms with Crippen molar-refractivity contribution in [2.75, 3.05) is 0 Å². The first-order valence-electron chi connectivity index (χ1n) is 9.39. The van der Waals surface area contributed by atoms with Crippen molar-refractivity contribution in [3.63, 3.8) is 0 Å². The first-order valence-corrected chi connectivity index (χ1v) is 11.8. The van der Waals surface area contributed by atoms with E-state index in [1.54, 1.807) is 42.5 Å². The third kappa shape index (κ3) is 4.94. The Kier molecular flexibility index (Phi) is 7.02. The fourth-order valence-electron chi connectivity index (χ4n) is 3.21. The molecule has 0 amide bonds. The SMILES string of the molecule is CC(Oc1ccc(P)cc1C1=C(Cl)C=C(S(=O)(=O)c2ccccc2)CCC1)C(=O)O. The molecule has 2 atom stereocenters. The van der Waals surface area contributed by atoms with Crippen molar-refractivity contribution in [2.24, 2.45) is 0 Å². The number of carboxylic acid groups (broad SMARTS) is 1. The molecule has 1 aliphatic rings. The lowest BCUT2D eigenvalue weighted by molar-refractivity contribution is -0.144. The van der Waals surface area contributed by atoms with Gasteiger partial charge in [-0.05, 0) is 67.4 Å². The van der Waals surface area contributed by atoms with Gasteiger partial charge in [0, 0.05) is 10.6 Å². The third-order valence-corrected chi connectivity index (χ3v) is 7.41. The molecule has 0 aliphatic heterocycles. The molecule has 3 rings (SSSR count). The van der Waals surface area contributed by atoms with Crippen LogP contribution < -0.4 is 10.0 Å². The summed E-state index contributed by atoms with van der Waals surface area (Å²) >= 11 is 6.59. The van der Waals surface area contributed by atoms with Crippen LogP contribution in [0.5, 0.6) is 5.75 Å². The number of benzene rings is 2. The Bertz CT molecular complexity index is 1120. The molecule has 0 aromatic heterocycles. The maximum atomic E-state index is 13.0. The van der Waals surface area contributed by atoms with Crippen molar-refractivity contribution in [1.29, 1.82) is 0 Å². The highest BCUT2D eigenvalue weighted by Crippen LogP contribution is 2.39. The predicted molar refractivity (Wildman–Crippen MR) is 122 cm³/mol. The molecule has 2 aromatic rings. The normalized spacial score (nSPS) is 15.9. The van der Waals surface area contributed by atoms with E-state index in [9.17, 15) is 18.3 Å². The summed E-state index contributed by atoms with van der Waals surface area (Å²) in [5.74, 6) is -0.681. The number of hydrogen-bond acceptors (Lipinski definition) is 4. The molecule has 1 aliphatic carbocycles. The quantitative estimate of drug-likeness (QED) is 0.635. The first kappa shape index (κ1) is 22.5. The molecular weight excluding hydrogens is 443 g/mol. The number of allylic oxidation sites excluding steroid dienone is 4. The Morgan fingerprint density at radius 3 is 2.53 bits per heavy atom. The summed E-state index contributed by atoms with van der Waals surface area (Å²) in [6.45, 7) is 1.45. The Morgan fingerprint density at radius 1 is 1.17 bits per heavy atom. The molecule has 0 fully saturated rings. The van der Waals surface area contributed by atoms with Gasteiger partial charge in [0.25, 0.3) is 0 Å². The molecule has 0 spiro atoms. The zero-order chi connectivity index (χ0) is 21.9. The second-order valence-corrected chi connectivity index (χ2v) is 10.0. The Balaban J connectivity index is 2.06. The highest BCUT2D eigenvalue weighted by Gasteiger charge is 2.25. The topological polar surface area (TPSA) is 80.7 Å². The Labute approximate surface area is 183 Å². The molecule has 1 N–H and O–H groups in total. The van der Waals surface area contributed by atoms with Crippen LogP contribution in [0.25, 0.3) is 5.57 Å². The minimum atomic E-state index is -3.64. The molecule has 0 saturated heterocycles. The van der Waals surface area contributed by atoms with E-state index in [1.165, 1.54) is 13.0 Å². The monoisotopic (exact) mass is 464 g/mol. The highest BCUT2D eigenvalue weighted by atomic mass is 35.5. The van der Waals surface area contributed by atoms with Crippen molar-refractivity contribution >= 4 is 47.5 Å². The molecule has 0 saturated carbocycles. The maximum Gasteiger partial charge on any atom is 0.344 e. The van der Waals surface area contributed by atoms with Crippen LogP contribution in [0.15, 0.2) is 69.4 Å². The summed E-state index contributed by atoms with van der Waals surface area (Å²) in [5.41, 5.74) is 1.39. The van der Waals surface area contributed by atoms with Crippen LogP contribution in [0.1, 0.15) is 31.7 Å². The zero-order valence-electron chi connectivity index (χ0n) is 16.3. The zero-order valence-corrected chi connectivity index (χ0v) is 19.1. The van der Waals surface area contributed by atoms with Gasteiger partial charge in [0.05, 0.1) is 9.80 Å². The molecule has 0 heterocycles. The molecule has 2 aromatic carbocycles. The van der Waals surface area contributed by atoms with Crippen LogP contribution in [-0.2, 0) is 14.6 Å². The number of halogens is 1. The number of hydrogen-bond donors (Lipinski definition) is 1. The lowest BCUT2D eigenvalue weighted by atomic mass is 10.00. The third-order valence-electron chi connectivity index (χ3n) is 4.80. The number of carbonyl (C=O) groups is 1. The number of rotatable bonds is 6. The van der Waals surface area contributed by atoms with E-state index in [0.29, 0.717) is 35.6 Å². The standard InChI is InChI=1S/C22H22ClO5PS/c1-14(22(24)25)28-21-11-10-15(29)12-19(21)18-9-5-8-17(13-20(18)23)30(26,27)16-6-3-2-4-7-16/h2-4,6-7,10-14H,5,8-9,29H2,1H3,(H,24,25). The van der Waals surface area contributed by atoms with Gasteiger partial charge in [-0.25, -0.2) is 13.2 Å². The summed E-state index contributed by atoms with van der Waals surface area (Å²) in [7, 11) is -1.06. The van der Waals surface area contributed by atoms with E-state index in [1.807, 2.05) is 6.07 Å². The van der Waals surface area contributed by atoms with E-state index >= 15 is 0 Å². The Hall–Kier alpha value is -2.14. The minimum absolute atomic E-state index is 0.232. The van der Waals surface area contributed by atoms with Crippen LogP contribution in [0.3, 0.4) is 0 Å². The second kappa shape index (κ2) is 9.34. The van der Waals surface area contributed by atoms with E-state index < -0.39 is 21.9 Å². The van der Waals surface area contributed by atoms with Gasteiger partial charge >= 0.3 is 5.97 Å². The van der Waals surface area contributed by atoms with Crippen molar-refractivity contribution in [1.82, 2.24) is 0 Å². The molecular formula is C22H22ClO5PS. The minimum Gasteiger partial charge on any atom is -0.479 e. The maximum absolute atomic E-state index is 13.0. The van der Waals surface area contributed by atoms with Crippen LogP contribution in [0.4, 0.5) is 0 Å². The van der Waals surface area contributed by atoms with Gasteiger partial charge in [-0.15, -0.1) is 9.24 Å². The smallest absolute Gasteiger partial charge is 0.344 e. The number of aliphatic carboxylic acids is 1. The Morgan fingerprint density at radius 2 is 1.87 bits per heavy atom. The van der Waals surface area contributed by atoms with E-state index in [0.717, 1.165) is 10.9 Å². The summed E-state index contributed by atoms with van der Waals surface area (Å²) in [4.78, 5) is 11.7. The average Bonchev–Trinajstić information content (AvgIpc) is 2.91. The summed E-state index contributed by atoms with van der Waals surface area (Å²) < 4.78 is 31.7. The lowest BCUT2D eigenvalue weighted by Crippen LogP contribution is -2.23. The fraction of sp³-hybridized carbons (Fsp3) is 0.227. The molecule has 158 valence electrons. The van der Waals surface area contributed by atoms with E-state index in [2.05, 4.69) is 9.24 Å². The molecule has 30 heavy (non-hydrogen) atoms. The highest BCUT2D eigenvalue weighted by molar-refractivity contribution is 7.95. The van der Waals surface area contributed by atoms with Gasteiger partial charge < -0.3 is 9.84 Å². The van der Waals surface area contributed by atoms with Gasteiger partial charge in [0.15, 0.2) is 6.10 Å². The first-order chi connectivity index (χ1) is 14.2. The average molecular weight is 465 g/mol. The van der Waals surface area contributed by atoms with Crippen LogP contribution in [0, 0.1) is 0 Å². The number of ether oxygens (including phenoxy) is 1. The summed E-state index contributed by atoms with van der Waals surface area (Å²) in [5, 5.41) is 10.4. The van der Waals surface area contributed by atoms with Crippen molar-refractivity contribution in [3.8, 4) is 5.75 Å². The molecule has 0 radical (unpaired) electrons. The van der Waals surface area contributed by atoms with Gasteiger partial charge in [0.1, 0.15) is 5.75 Å². The molecule has 0 bridgehead atoms. The molecule has 8 heteroatoms. The van der Waals surface area contributed by atoms with Crippen molar-refractivity contribution in [3.05, 3.63) is 70.1 Å².